The predicted octanol–water partition coefficient (Wildman–Crippen LogP) is 6.30. The summed E-state index contributed by atoms with van der Waals surface area (Å²) >= 11 is 5.85. The smallest absolute Gasteiger partial charge is 0.226 e. The number of nitrogens with zero attached hydrogens (tertiary/aromatic N) is 3. The number of hydrogen-bond donors (Lipinski definition) is 2. The van der Waals surface area contributed by atoms with Gasteiger partial charge in [0.15, 0.2) is 5.11 Å². The van der Waals surface area contributed by atoms with Gasteiger partial charge in [-0.3, -0.25) is 9.78 Å². The summed E-state index contributed by atoms with van der Waals surface area (Å²) in [6.07, 6.45) is 3.80. The fraction of sp³-hybridized carbons (Fsp3) is 0.219. The molecule has 7 nitrogen and oxygen atoms in total. The number of pyridine rings is 1. The number of furan rings is 1. The zero-order valence-electron chi connectivity index (χ0n) is 22.5. The predicted molar refractivity (Wildman–Crippen MR) is 161 cm³/mol. The Morgan fingerprint density at radius 3 is 2.67 bits per heavy atom. The fourth-order valence-electron chi connectivity index (χ4n) is 5.68. The summed E-state index contributed by atoms with van der Waals surface area (Å²) in [5.41, 5.74) is 5.15. The van der Waals surface area contributed by atoms with Crippen LogP contribution in [0.25, 0.3) is 10.8 Å². The molecule has 0 unspecified atom stereocenters. The molecule has 0 aliphatic carbocycles. The lowest BCUT2D eigenvalue weighted by atomic mass is 9.96. The van der Waals surface area contributed by atoms with Crippen LogP contribution in [0.15, 0.2) is 95.7 Å². The summed E-state index contributed by atoms with van der Waals surface area (Å²) in [5.74, 6) is 0.846. The minimum atomic E-state index is -0.146. The third-order valence-electron chi connectivity index (χ3n) is 7.67. The van der Waals surface area contributed by atoms with Gasteiger partial charge in [-0.1, -0.05) is 42.5 Å². The van der Waals surface area contributed by atoms with Crippen molar-refractivity contribution in [2.24, 2.45) is 0 Å². The third kappa shape index (κ3) is 4.98. The van der Waals surface area contributed by atoms with Crippen molar-refractivity contribution in [3.63, 3.8) is 0 Å². The van der Waals surface area contributed by atoms with Crippen molar-refractivity contribution in [2.75, 3.05) is 11.9 Å². The van der Waals surface area contributed by atoms with Gasteiger partial charge in [0.1, 0.15) is 5.76 Å². The standard InChI is InChI=1S/C32H31N5O2S/c1-21-19-26(22(2)37(21)20-24-11-8-18-39-24)31-30(28-13-5-6-16-33-28)35-32(40)36(31)17-15-29(38)34-27-14-7-10-23-9-3-4-12-25(23)27/h3-14,16,18-19,30-31H,15,17,20H2,1-2H3,(H,34,38)(H,35,40)/t30-,31+/m1/s1. The van der Waals surface area contributed by atoms with Crippen LogP contribution in [-0.4, -0.2) is 32.0 Å². The molecule has 4 heterocycles. The first-order chi connectivity index (χ1) is 19.5. The van der Waals surface area contributed by atoms with Crippen LogP contribution in [0.3, 0.4) is 0 Å². The van der Waals surface area contributed by atoms with Crippen molar-refractivity contribution in [3.05, 3.63) is 120 Å². The van der Waals surface area contributed by atoms with Gasteiger partial charge in [0.25, 0.3) is 0 Å². The van der Waals surface area contributed by atoms with E-state index in [0.717, 1.165) is 44.9 Å². The van der Waals surface area contributed by atoms with Crippen molar-refractivity contribution in [1.82, 2.24) is 19.8 Å². The van der Waals surface area contributed by atoms with E-state index in [2.05, 4.69) is 45.0 Å². The van der Waals surface area contributed by atoms with E-state index in [1.54, 1.807) is 12.5 Å². The Labute approximate surface area is 238 Å². The summed E-state index contributed by atoms with van der Waals surface area (Å²) in [4.78, 5) is 20.0. The molecular weight excluding hydrogens is 518 g/mol. The second-order valence-electron chi connectivity index (χ2n) is 10.1. The van der Waals surface area contributed by atoms with Gasteiger partial charge in [-0.2, -0.15) is 0 Å². The molecule has 2 aromatic carbocycles. The monoisotopic (exact) mass is 549 g/mol. The van der Waals surface area contributed by atoms with E-state index in [1.807, 2.05) is 72.8 Å². The second kappa shape index (κ2) is 11.0. The quantitative estimate of drug-likeness (QED) is 0.222. The van der Waals surface area contributed by atoms with Gasteiger partial charge in [0.05, 0.1) is 30.6 Å². The van der Waals surface area contributed by atoms with Crippen LogP contribution in [0.5, 0.6) is 0 Å². The van der Waals surface area contributed by atoms with E-state index < -0.39 is 0 Å². The summed E-state index contributed by atoms with van der Waals surface area (Å²) in [7, 11) is 0. The molecule has 1 saturated heterocycles. The number of hydrogen-bond acceptors (Lipinski definition) is 4. The minimum Gasteiger partial charge on any atom is -0.467 e. The van der Waals surface area contributed by atoms with Gasteiger partial charge < -0.3 is 24.5 Å². The number of thiocarbonyl (C=S) groups is 1. The number of aromatic nitrogens is 2. The summed E-state index contributed by atoms with van der Waals surface area (Å²) in [6.45, 7) is 5.36. The molecule has 2 N–H and O–H groups in total. The van der Waals surface area contributed by atoms with Gasteiger partial charge in [-0.25, -0.2) is 0 Å². The molecule has 2 atom stereocenters. The Balaban J connectivity index is 1.28. The second-order valence-corrected chi connectivity index (χ2v) is 10.5. The molecule has 3 aromatic heterocycles. The summed E-state index contributed by atoms with van der Waals surface area (Å²) < 4.78 is 7.89. The maximum atomic E-state index is 13.2. The molecule has 1 fully saturated rings. The van der Waals surface area contributed by atoms with Crippen LogP contribution in [0.4, 0.5) is 5.69 Å². The number of anilines is 1. The highest BCUT2D eigenvalue weighted by atomic mass is 32.1. The first-order valence-corrected chi connectivity index (χ1v) is 13.8. The van der Waals surface area contributed by atoms with E-state index in [9.17, 15) is 4.79 Å². The lowest BCUT2D eigenvalue weighted by Crippen LogP contribution is -2.33. The Bertz CT molecular complexity index is 1660. The molecule has 202 valence electrons. The molecule has 1 aliphatic rings. The molecule has 6 rings (SSSR count). The molecule has 8 heteroatoms. The van der Waals surface area contributed by atoms with Crippen molar-refractivity contribution >= 4 is 39.7 Å². The number of carbonyl (C=O) groups is 1. The summed E-state index contributed by atoms with van der Waals surface area (Å²) in [5, 5.41) is 9.35. The van der Waals surface area contributed by atoms with E-state index in [0.29, 0.717) is 24.6 Å². The average molecular weight is 550 g/mol. The van der Waals surface area contributed by atoms with Gasteiger partial charge in [0.2, 0.25) is 5.91 Å². The molecule has 1 amide bonds. The molecule has 0 spiro atoms. The Morgan fingerprint density at radius 1 is 1.05 bits per heavy atom. The first kappa shape index (κ1) is 25.8. The van der Waals surface area contributed by atoms with Crippen LogP contribution in [0, 0.1) is 13.8 Å². The largest absolute Gasteiger partial charge is 0.467 e. The Kier molecular flexibility index (Phi) is 7.09. The van der Waals surface area contributed by atoms with E-state index in [4.69, 9.17) is 16.6 Å². The van der Waals surface area contributed by atoms with Crippen LogP contribution < -0.4 is 10.6 Å². The van der Waals surface area contributed by atoms with Crippen LogP contribution in [-0.2, 0) is 11.3 Å². The molecule has 0 bridgehead atoms. The van der Waals surface area contributed by atoms with Crippen molar-refractivity contribution in [2.45, 2.75) is 38.9 Å². The molecule has 0 radical (unpaired) electrons. The molecule has 0 saturated carbocycles. The molecular formula is C32H31N5O2S. The van der Waals surface area contributed by atoms with Gasteiger partial charge >= 0.3 is 0 Å². The summed E-state index contributed by atoms with van der Waals surface area (Å²) in [6, 6.07) is 25.8. The highest BCUT2D eigenvalue weighted by Crippen LogP contribution is 2.41. The van der Waals surface area contributed by atoms with Crippen molar-refractivity contribution in [1.29, 1.82) is 0 Å². The number of benzene rings is 2. The lowest BCUT2D eigenvalue weighted by Gasteiger charge is -2.28. The van der Waals surface area contributed by atoms with Gasteiger partial charge in [0, 0.05) is 41.6 Å². The lowest BCUT2D eigenvalue weighted by molar-refractivity contribution is -0.116. The van der Waals surface area contributed by atoms with E-state index in [1.165, 1.54) is 0 Å². The Morgan fingerprint density at radius 2 is 1.88 bits per heavy atom. The normalized spacial score (nSPS) is 16.9. The molecule has 5 aromatic rings. The van der Waals surface area contributed by atoms with Gasteiger partial charge in [-0.05, 0) is 73.4 Å². The maximum absolute atomic E-state index is 13.2. The van der Waals surface area contributed by atoms with Crippen LogP contribution >= 0.6 is 12.2 Å². The van der Waals surface area contributed by atoms with Crippen LogP contribution in [0.1, 0.15) is 46.9 Å². The Hall–Kier alpha value is -4.43. The third-order valence-corrected chi connectivity index (χ3v) is 8.02. The fourth-order valence-corrected chi connectivity index (χ4v) is 6.01. The van der Waals surface area contributed by atoms with Crippen molar-refractivity contribution < 1.29 is 9.21 Å². The number of amides is 1. The number of rotatable bonds is 8. The SMILES string of the molecule is Cc1cc([C@H]2[C@@H](c3ccccn3)NC(=S)N2CCC(=O)Nc2cccc3ccccc23)c(C)n1Cc1ccco1. The van der Waals surface area contributed by atoms with Crippen molar-refractivity contribution in [3.8, 4) is 0 Å². The average Bonchev–Trinajstić information content (AvgIpc) is 3.67. The molecule has 40 heavy (non-hydrogen) atoms. The van der Waals surface area contributed by atoms with E-state index in [-0.39, 0.29) is 18.0 Å². The van der Waals surface area contributed by atoms with E-state index >= 15 is 0 Å². The maximum Gasteiger partial charge on any atom is 0.226 e. The van der Waals surface area contributed by atoms with Crippen LogP contribution in [0.2, 0.25) is 0 Å². The topological polar surface area (TPSA) is 75.3 Å². The highest BCUT2D eigenvalue weighted by molar-refractivity contribution is 7.80. The highest BCUT2D eigenvalue weighted by Gasteiger charge is 2.41. The number of fused-ring (bicyclic) bond motifs is 1. The molecule has 1 aliphatic heterocycles. The number of carbonyl (C=O) groups excluding carboxylic acids is 1. The van der Waals surface area contributed by atoms with Gasteiger partial charge in [-0.15, -0.1) is 0 Å². The minimum absolute atomic E-state index is 0.0533. The number of nitrogens with one attached hydrogen (secondary N) is 2. The zero-order valence-corrected chi connectivity index (χ0v) is 23.3. The number of aryl methyl sites for hydroxylation is 1. The zero-order chi connectivity index (χ0) is 27.6. The first-order valence-electron chi connectivity index (χ1n) is 13.4.